The second-order valence-electron chi connectivity index (χ2n) is 4.99. The summed E-state index contributed by atoms with van der Waals surface area (Å²) in [6.07, 6.45) is 0.736. The average Bonchev–Trinajstić information content (AvgIpc) is 2.58. The van der Waals surface area contributed by atoms with Crippen molar-refractivity contribution >= 4 is 19.5 Å². The number of ketones is 1. The van der Waals surface area contributed by atoms with Crippen molar-refractivity contribution in [1.29, 1.82) is 0 Å². The molecule has 0 saturated heterocycles. The number of amides is 1. The van der Waals surface area contributed by atoms with E-state index >= 15 is 0 Å². The third-order valence-electron chi connectivity index (χ3n) is 3.27. The van der Waals surface area contributed by atoms with Crippen LogP contribution >= 0.6 is 7.82 Å². The van der Waals surface area contributed by atoms with Crippen LogP contribution in [0, 0.1) is 0 Å². The van der Waals surface area contributed by atoms with E-state index < -0.39 is 39.0 Å². The quantitative estimate of drug-likeness (QED) is 0.270. The molecule has 0 aliphatic carbocycles. The topological polar surface area (TPSA) is 141 Å². The first kappa shape index (κ1) is 21.9. The number of nitrogens with zero attached hydrogens (tertiary/aromatic N) is 1. The van der Waals surface area contributed by atoms with E-state index in [4.69, 9.17) is 18.7 Å². The van der Waals surface area contributed by atoms with E-state index in [1.165, 1.54) is 26.5 Å². The highest BCUT2D eigenvalue weighted by molar-refractivity contribution is 7.47. The molecule has 1 heterocycles. The van der Waals surface area contributed by atoms with Crippen molar-refractivity contribution in [2.75, 3.05) is 41.2 Å². The Morgan fingerprint density at radius 3 is 2.48 bits per heavy atom. The molecule has 144 valence electrons. The predicted molar refractivity (Wildman–Crippen MR) is 82.0 cm³/mol. The maximum atomic E-state index is 12.0. The molecular weight excluding hydrogens is 361 g/mol. The van der Waals surface area contributed by atoms with Crippen LogP contribution in [0.25, 0.3) is 0 Å². The molecule has 2 unspecified atom stereocenters. The molecule has 2 N–H and O–H groups in total. The zero-order valence-corrected chi connectivity index (χ0v) is 15.0. The van der Waals surface area contributed by atoms with Gasteiger partial charge in [-0.3, -0.25) is 23.5 Å². The lowest BCUT2D eigenvalue weighted by Crippen LogP contribution is -2.53. The molecule has 0 saturated carbocycles. The summed E-state index contributed by atoms with van der Waals surface area (Å²) >= 11 is 0. The second-order valence-corrected chi connectivity index (χ2v) is 6.55. The third-order valence-corrected chi connectivity index (χ3v) is 4.18. The molecule has 0 bridgehead atoms. The Morgan fingerprint density at radius 1 is 1.32 bits per heavy atom. The Labute approximate surface area is 144 Å². The average molecular weight is 383 g/mol. The highest BCUT2D eigenvalue weighted by Gasteiger charge is 2.40. The number of phosphoric acid groups is 1. The lowest BCUT2D eigenvalue weighted by atomic mass is 10.2. The van der Waals surface area contributed by atoms with E-state index in [-0.39, 0.29) is 18.8 Å². The Bertz CT molecular complexity index is 553. The fourth-order valence-corrected chi connectivity index (χ4v) is 2.43. The predicted octanol–water partition coefficient (Wildman–Crippen LogP) is -0.611. The molecule has 3 atom stereocenters. The van der Waals surface area contributed by atoms with Crippen LogP contribution in [0.5, 0.6) is 0 Å². The van der Waals surface area contributed by atoms with Gasteiger partial charge in [-0.05, 0) is 6.08 Å². The van der Waals surface area contributed by atoms with Gasteiger partial charge in [0.25, 0.3) is 0 Å². The number of ether oxygens (including phenoxy) is 3. The number of phosphoric ester groups is 1. The number of aliphatic hydroxyl groups is 1. The Balaban J connectivity index is 2.97. The number of hydrogen-bond acceptors (Lipinski definition) is 9. The summed E-state index contributed by atoms with van der Waals surface area (Å²) in [5, 5.41) is 9.56. The number of carbonyl (C=O) groups excluding carboxylic acids is 2. The van der Waals surface area contributed by atoms with Gasteiger partial charge >= 0.3 is 7.82 Å². The summed E-state index contributed by atoms with van der Waals surface area (Å²) < 4.78 is 36.3. The maximum Gasteiger partial charge on any atom is 0.472 e. The fraction of sp³-hybridized carbons (Fsp3) is 0.692. The summed E-state index contributed by atoms with van der Waals surface area (Å²) in [4.78, 5) is 33.6. The van der Waals surface area contributed by atoms with Crippen LogP contribution in [0.2, 0.25) is 0 Å². The molecule has 12 heteroatoms. The number of rotatable bonds is 11. The van der Waals surface area contributed by atoms with Gasteiger partial charge in [-0.25, -0.2) is 4.57 Å². The van der Waals surface area contributed by atoms with Crippen molar-refractivity contribution < 1.29 is 47.4 Å². The highest BCUT2D eigenvalue weighted by Crippen LogP contribution is 2.43. The van der Waals surface area contributed by atoms with E-state index in [9.17, 15) is 24.2 Å². The normalized spacial score (nSPS) is 21.1. The lowest BCUT2D eigenvalue weighted by molar-refractivity contribution is -0.298. The molecule has 0 radical (unpaired) electrons. The van der Waals surface area contributed by atoms with Gasteiger partial charge in [0.1, 0.15) is 13.2 Å². The van der Waals surface area contributed by atoms with Crippen molar-refractivity contribution in [3.63, 3.8) is 0 Å². The first-order chi connectivity index (χ1) is 11.7. The van der Waals surface area contributed by atoms with Gasteiger partial charge < -0.3 is 24.2 Å². The molecule has 0 aromatic rings. The van der Waals surface area contributed by atoms with E-state index in [1.54, 1.807) is 0 Å². The summed E-state index contributed by atoms with van der Waals surface area (Å²) in [5.74, 6) is -2.69. The summed E-state index contributed by atoms with van der Waals surface area (Å²) in [7, 11) is -0.796. The molecular formula is C13H22NO10P. The number of allylic oxidation sites excluding steroid dienone is 1. The Morgan fingerprint density at radius 2 is 2.00 bits per heavy atom. The molecule has 1 aliphatic heterocycles. The van der Waals surface area contributed by atoms with Gasteiger partial charge in [-0.1, -0.05) is 0 Å². The molecule has 1 amide bonds. The van der Waals surface area contributed by atoms with Crippen LogP contribution in [0.15, 0.2) is 12.3 Å². The van der Waals surface area contributed by atoms with Crippen molar-refractivity contribution in [3.8, 4) is 0 Å². The van der Waals surface area contributed by atoms with Gasteiger partial charge in [0, 0.05) is 27.5 Å². The summed E-state index contributed by atoms with van der Waals surface area (Å²) in [5.41, 5.74) is 0. The zero-order chi connectivity index (χ0) is 19.1. The van der Waals surface area contributed by atoms with Crippen LogP contribution in [0.4, 0.5) is 0 Å². The molecule has 25 heavy (non-hydrogen) atoms. The first-order valence-corrected chi connectivity index (χ1v) is 8.60. The van der Waals surface area contributed by atoms with Crippen molar-refractivity contribution in [3.05, 3.63) is 12.3 Å². The van der Waals surface area contributed by atoms with Crippen molar-refractivity contribution in [2.24, 2.45) is 0 Å². The molecule has 0 spiro atoms. The summed E-state index contributed by atoms with van der Waals surface area (Å²) in [6.45, 7) is -1.49. The number of methoxy groups -OCH3 is 2. The van der Waals surface area contributed by atoms with E-state index in [0.29, 0.717) is 0 Å². The van der Waals surface area contributed by atoms with Crippen molar-refractivity contribution in [1.82, 2.24) is 4.90 Å². The smallest absolute Gasteiger partial charge is 0.392 e. The van der Waals surface area contributed by atoms with Gasteiger partial charge in [-0.15, -0.1) is 0 Å². The monoisotopic (exact) mass is 383 g/mol. The molecule has 0 aromatic carbocycles. The van der Waals surface area contributed by atoms with Gasteiger partial charge in [-0.2, -0.15) is 0 Å². The first-order valence-electron chi connectivity index (χ1n) is 7.10. The molecule has 0 aromatic heterocycles. The summed E-state index contributed by atoms with van der Waals surface area (Å²) in [6, 6.07) is 0. The lowest BCUT2D eigenvalue weighted by Gasteiger charge is -2.38. The standard InChI is InChI=1S/C13H22NO10P/c1-20-8-13(21-2,9-23-25(18,19)22-3)24-12(7-15)14-5-4-10(16)6-11(14)17/h4-5,12,15H,6-9H2,1-3H3,(H,18,19)/t12?,13-/m0/s1. The number of carbonyl (C=O) groups is 2. The maximum absolute atomic E-state index is 12.0. The van der Waals surface area contributed by atoms with Gasteiger partial charge in [0.15, 0.2) is 12.0 Å². The molecule has 1 rings (SSSR count). The minimum absolute atomic E-state index is 0.256. The number of aliphatic hydroxyl groups excluding tert-OH is 1. The SMILES string of the molecule is COC[C@](COP(=O)(O)OC)(OC)OC(CO)N1C=CC(=O)CC1=O. The minimum Gasteiger partial charge on any atom is -0.392 e. The van der Waals surface area contributed by atoms with E-state index in [0.717, 1.165) is 12.0 Å². The largest absolute Gasteiger partial charge is 0.472 e. The Hall–Kier alpha value is -1.17. The van der Waals surface area contributed by atoms with Crippen molar-refractivity contribution in [2.45, 2.75) is 18.4 Å². The van der Waals surface area contributed by atoms with E-state index in [1.807, 2.05) is 0 Å². The minimum atomic E-state index is -4.33. The van der Waals surface area contributed by atoms with Crippen LogP contribution in [-0.2, 0) is 37.4 Å². The molecule has 11 nitrogen and oxygen atoms in total. The Kier molecular flexibility index (Phi) is 8.32. The second kappa shape index (κ2) is 9.51. The zero-order valence-electron chi connectivity index (χ0n) is 14.1. The van der Waals surface area contributed by atoms with Crippen LogP contribution in [0.1, 0.15) is 6.42 Å². The molecule has 1 aliphatic rings. The highest BCUT2D eigenvalue weighted by atomic mass is 31.2. The fourth-order valence-electron chi connectivity index (χ4n) is 1.96. The third kappa shape index (κ3) is 6.24. The van der Waals surface area contributed by atoms with E-state index in [2.05, 4.69) is 4.52 Å². The van der Waals surface area contributed by atoms with Crippen LogP contribution < -0.4 is 0 Å². The van der Waals surface area contributed by atoms with Gasteiger partial charge in [0.05, 0.1) is 13.0 Å². The molecule has 0 fully saturated rings. The van der Waals surface area contributed by atoms with Gasteiger partial charge in [0.2, 0.25) is 11.7 Å². The number of hydrogen-bond donors (Lipinski definition) is 2. The van der Waals surface area contributed by atoms with Crippen LogP contribution in [-0.4, -0.2) is 79.8 Å². The van der Waals surface area contributed by atoms with Crippen LogP contribution in [0.3, 0.4) is 0 Å².